The molecule has 1 amide bonds. The molecule has 1 rings (SSSR count). The van der Waals surface area contributed by atoms with E-state index >= 15 is 0 Å². The molecule has 1 fully saturated rings. The average molecular weight is 285 g/mol. The van der Waals surface area contributed by atoms with Gasteiger partial charge in [0.2, 0.25) is 5.91 Å². The van der Waals surface area contributed by atoms with Gasteiger partial charge in [0.05, 0.1) is 13.5 Å². The summed E-state index contributed by atoms with van der Waals surface area (Å²) in [4.78, 5) is 27.7. The first kappa shape index (κ1) is 16.9. The first-order valence-electron chi connectivity index (χ1n) is 7.32. The third-order valence-corrected chi connectivity index (χ3v) is 3.75. The Bertz CT molecular complexity index is 315. The van der Waals surface area contributed by atoms with Crippen LogP contribution in [0.15, 0.2) is 0 Å². The number of amides is 1. The summed E-state index contributed by atoms with van der Waals surface area (Å²) < 4.78 is 4.63. The summed E-state index contributed by atoms with van der Waals surface area (Å²) in [6.07, 6.45) is 1.46. The lowest BCUT2D eigenvalue weighted by Gasteiger charge is -2.32. The largest absolute Gasteiger partial charge is 0.469 e. The topological polar surface area (TPSA) is 61.9 Å². The minimum Gasteiger partial charge on any atom is -0.469 e. The Hall–Kier alpha value is -1.14. The Kier molecular flexibility index (Phi) is 7.54. The van der Waals surface area contributed by atoms with Crippen molar-refractivity contribution in [3.05, 3.63) is 0 Å². The van der Waals surface area contributed by atoms with Gasteiger partial charge in [0.15, 0.2) is 0 Å². The van der Waals surface area contributed by atoms with Gasteiger partial charge in [-0.15, -0.1) is 0 Å². The number of carbonyl (C=O) groups excluding carboxylic acids is 2. The molecule has 20 heavy (non-hydrogen) atoms. The first-order valence-corrected chi connectivity index (χ1v) is 7.32. The zero-order valence-corrected chi connectivity index (χ0v) is 12.9. The molecule has 0 aromatic heterocycles. The van der Waals surface area contributed by atoms with Crippen LogP contribution in [0.3, 0.4) is 0 Å². The fourth-order valence-electron chi connectivity index (χ4n) is 2.21. The summed E-state index contributed by atoms with van der Waals surface area (Å²) in [5.41, 5.74) is 0. The van der Waals surface area contributed by atoms with Gasteiger partial charge >= 0.3 is 5.97 Å². The van der Waals surface area contributed by atoms with E-state index in [-0.39, 0.29) is 24.3 Å². The normalized spacial score (nSPS) is 18.6. The predicted molar refractivity (Wildman–Crippen MR) is 77.4 cm³/mol. The maximum absolute atomic E-state index is 11.9. The van der Waals surface area contributed by atoms with Crippen LogP contribution in [0.5, 0.6) is 0 Å². The van der Waals surface area contributed by atoms with Gasteiger partial charge in [-0.05, 0) is 13.5 Å². The van der Waals surface area contributed by atoms with E-state index < -0.39 is 0 Å². The van der Waals surface area contributed by atoms with Crippen LogP contribution >= 0.6 is 0 Å². The van der Waals surface area contributed by atoms with Crippen molar-refractivity contribution in [1.82, 2.24) is 15.1 Å². The van der Waals surface area contributed by atoms with E-state index in [9.17, 15) is 9.59 Å². The standard InChI is InChI=1S/C14H27N3O3/c1-4-12(11-14(19)20-3)15-13(18)5-6-17-9-7-16(2)8-10-17/h12H,4-11H2,1-3H3,(H,15,18). The van der Waals surface area contributed by atoms with Gasteiger partial charge in [-0.1, -0.05) is 6.92 Å². The van der Waals surface area contributed by atoms with Crippen molar-refractivity contribution in [2.75, 3.05) is 46.9 Å². The fourth-order valence-corrected chi connectivity index (χ4v) is 2.21. The number of nitrogens with zero attached hydrogens (tertiary/aromatic N) is 2. The number of methoxy groups -OCH3 is 1. The van der Waals surface area contributed by atoms with Crippen LogP contribution in [0, 0.1) is 0 Å². The van der Waals surface area contributed by atoms with Crippen LogP contribution in [0.4, 0.5) is 0 Å². The highest BCUT2D eigenvalue weighted by atomic mass is 16.5. The van der Waals surface area contributed by atoms with Crippen molar-refractivity contribution in [3.63, 3.8) is 0 Å². The molecule has 6 nitrogen and oxygen atoms in total. The van der Waals surface area contributed by atoms with E-state index in [0.29, 0.717) is 6.42 Å². The fraction of sp³-hybridized carbons (Fsp3) is 0.857. The molecular formula is C14H27N3O3. The minimum absolute atomic E-state index is 0.0136. The second-order valence-electron chi connectivity index (χ2n) is 5.35. The third-order valence-electron chi connectivity index (χ3n) is 3.75. The molecule has 1 aliphatic heterocycles. The van der Waals surface area contributed by atoms with Crippen molar-refractivity contribution in [1.29, 1.82) is 0 Å². The second kappa shape index (κ2) is 8.92. The van der Waals surface area contributed by atoms with Crippen LogP contribution in [-0.4, -0.2) is 74.6 Å². The van der Waals surface area contributed by atoms with Crippen LogP contribution in [-0.2, 0) is 14.3 Å². The molecule has 1 unspecified atom stereocenters. The lowest BCUT2D eigenvalue weighted by molar-refractivity contribution is -0.141. The number of rotatable bonds is 7. The minimum atomic E-state index is -0.281. The Morgan fingerprint density at radius 2 is 1.90 bits per heavy atom. The summed E-state index contributed by atoms with van der Waals surface area (Å²) in [6.45, 7) is 6.89. The maximum atomic E-state index is 11.9. The molecule has 1 heterocycles. The van der Waals surface area contributed by atoms with Gasteiger partial charge < -0.3 is 19.9 Å². The number of nitrogens with one attached hydrogen (secondary N) is 1. The molecule has 1 N–H and O–H groups in total. The monoisotopic (exact) mass is 285 g/mol. The molecule has 116 valence electrons. The molecule has 0 radical (unpaired) electrons. The Morgan fingerprint density at radius 3 is 2.45 bits per heavy atom. The van der Waals surface area contributed by atoms with E-state index in [0.717, 1.165) is 39.1 Å². The van der Waals surface area contributed by atoms with Crippen LogP contribution in [0.1, 0.15) is 26.2 Å². The van der Waals surface area contributed by atoms with E-state index in [1.54, 1.807) is 0 Å². The summed E-state index contributed by atoms with van der Waals surface area (Å²) in [5.74, 6) is -0.268. The quantitative estimate of drug-likeness (QED) is 0.671. The lowest BCUT2D eigenvalue weighted by atomic mass is 10.1. The van der Waals surface area contributed by atoms with Gasteiger partial charge in [-0.2, -0.15) is 0 Å². The molecule has 0 aliphatic carbocycles. The van der Waals surface area contributed by atoms with E-state index in [2.05, 4.69) is 26.9 Å². The number of likely N-dealkylation sites (N-methyl/N-ethyl adjacent to an activating group) is 1. The molecule has 1 saturated heterocycles. The third kappa shape index (κ3) is 6.34. The van der Waals surface area contributed by atoms with Crippen LogP contribution in [0.25, 0.3) is 0 Å². The number of ether oxygens (including phenoxy) is 1. The number of piperazine rings is 1. The summed E-state index contributed by atoms with van der Waals surface area (Å²) >= 11 is 0. The average Bonchev–Trinajstić information content (AvgIpc) is 2.45. The Balaban J connectivity index is 2.22. The number of hydrogen-bond donors (Lipinski definition) is 1. The van der Waals surface area contributed by atoms with E-state index in [1.807, 2.05) is 6.92 Å². The van der Waals surface area contributed by atoms with Crippen LogP contribution in [0.2, 0.25) is 0 Å². The molecule has 0 saturated carbocycles. The smallest absolute Gasteiger partial charge is 0.307 e. The predicted octanol–water partition coefficient (Wildman–Crippen LogP) is 0.0818. The molecule has 6 heteroatoms. The van der Waals surface area contributed by atoms with Crippen molar-refractivity contribution in [3.8, 4) is 0 Å². The lowest BCUT2D eigenvalue weighted by Crippen LogP contribution is -2.46. The number of hydrogen-bond acceptors (Lipinski definition) is 5. The number of carbonyl (C=O) groups is 2. The number of esters is 1. The van der Waals surface area contributed by atoms with Crippen molar-refractivity contribution in [2.24, 2.45) is 0 Å². The van der Waals surface area contributed by atoms with Gasteiger partial charge in [0, 0.05) is 45.2 Å². The molecule has 1 aliphatic rings. The van der Waals surface area contributed by atoms with Crippen molar-refractivity contribution < 1.29 is 14.3 Å². The first-order chi connectivity index (χ1) is 9.55. The molecule has 1 atom stereocenters. The maximum Gasteiger partial charge on any atom is 0.307 e. The Labute approximate surface area is 121 Å². The summed E-state index contributed by atoms with van der Waals surface area (Å²) in [7, 11) is 3.48. The second-order valence-corrected chi connectivity index (χ2v) is 5.35. The van der Waals surface area contributed by atoms with E-state index in [1.165, 1.54) is 7.11 Å². The van der Waals surface area contributed by atoms with Crippen molar-refractivity contribution >= 4 is 11.9 Å². The highest BCUT2D eigenvalue weighted by Crippen LogP contribution is 2.02. The van der Waals surface area contributed by atoms with Crippen LogP contribution < -0.4 is 5.32 Å². The van der Waals surface area contributed by atoms with Gasteiger partial charge in [0.25, 0.3) is 0 Å². The van der Waals surface area contributed by atoms with Gasteiger partial charge in [0.1, 0.15) is 0 Å². The summed E-state index contributed by atoms with van der Waals surface area (Å²) in [5, 5.41) is 2.90. The zero-order chi connectivity index (χ0) is 15.0. The molecular weight excluding hydrogens is 258 g/mol. The van der Waals surface area contributed by atoms with Gasteiger partial charge in [-0.3, -0.25) is 9.59 Å². The van der Waals surface area contributed by atoms with E-state index in [4.69, 9.17) is 0 Å². The highest BCUT2D eigenvalue weighted by molar-refractivity contribution is 5.77. The SMILES string of the molecule is CCC(CC(=O)OC)NC(=O)CCN1CCN(C)CC1. The van der Waals surface area contributed by atoms with Gasteiger partial charge in [-0.25, -0.2) is 0 Å². The Morgan fingerprint density at radius 1 is 1.25 bits per heavy atom. The molecule has 0 aromatic rings. The molecule has 0 bridgehead atoms. The highest BCUT2D eigenvalue weighted by Gasteiger charge is 2.17. The zero-order valence-electron chi connectivity index (χ0n) is 12.9. The molecule has 0 spiro atoms. The van der Waals surface area contributed by atoms with Crippen molar-refractivity contribution in [2.45, 2.75) is 32.2 Å². The summed E-state index contributed by atoms with van der Waals surface area (Å²) in [6, 6.07) is -0.123. The molecule has 0 aromatic carbocycles.